The van der Waals surface area contributed by atoms with Crippen LogP contribution in [0, 0.1) is 13.8 Å². The standard InChI is InChI=1S/C18H20N2O2/c1-11-10-17(12(2)20(11)16-8-9-16)18(22)19-15-6-4-14(5-7-15)13(3)21/h4-7,10,16H,8-9H2,1-3H3,(H,19,22). The van der Waals surface area contributed by atoms with Crippen molar-refractivity contribution in [2.45, 2.75) is 39.7 Å². The molecule has 22 heavy (non-hydrogen) atoms. The molecule has 1 saturated carbocycles. The number of aryl methyl sites for hydroxylation is 1. The van der Waals surface area contributed by atoms with Gasteiger partial charge < -0.3 is 9.88 Å². The third kappa shape index (κ3) is 2.69. The van der Waals surface area contributed by atoms with Crippen molar-refractivity contribution in [1.29, 1.82) is 0 Å². The fourth-order valence-electron chi connectivity index (χ4n) is 2.89. The summed E-state index contributed by atoms with van der Waals surface area (Å²) < 4.78 is 2.26. The van der Waals surface area contributed by atoms with E-state index < -0.39 is 0 Å². The van der Waals surface area contributed by atoms with E-state index in [2.05, 4.69) is 9.88 Å². The zero-order valence-electron chi connectivity index (χ0n) is 13.1. The maximum atomic E-state index is 12.5. The smallest absolute Gasteiger partial charge is 0.257 e. The number of aromatic nitrogens is 1. The number of anilines is 1. The largest absolute Gasteiger partial charge is 0.345 e. The molecule has 2 aromatic rings. The van der Waals surface area contributed by atoms with Crippen LogP contribution in [-0.2, 0) is 0 Å². The molecular weight excluding hydrogens is 276 g/mol. The fraction of sp³-hybridized carbons (Fsp3) is 0.333. The van der Waals surface area contributed by atoms with Crippen molar-refractivity contribution >= 4 is 17.4 Å². The van der Waals surface area contributed by atoms with Crippen LogP contribution in [0.1, 0.15) is 57.9 Å². The van der Waals surface area contributed by atoms with Crippen LogP contribution < -0.4 is 5.32 Å². The van der Waals surface area contributed by atoms with Gasteiger partial charge in [0.25, 0.3) is 5.91 Å². The zero-order valence-corrected chi connectivity index (χ0v) is 13.1. The first kappa shape index (κ1) is 14.6. The molecule has 0 bridgehead atoms. The van der Waals surface area contributed by atoms with E-state index in [0.717, 1.165) is 17.0 Å². The Kier molecular flexibility index (Phi) is 3.61. The van der Waals surface area contributed by atoms with Crippen molar-refractivity contribution in [2.24, 2.45) is 0 Å². The molecule has 1 amide bonds. The molecule has 0 saturated heterocycles. The summed E-state index contributed by atoms with van der Waals surface area (Å²) in [5.74, 6) is -0.0820. The third-order valence-corrected chi connectivity index (χ3v) is 4.19. The first-order valence-corrected chi connectivity index (χ1v) is 7.58. The molecule has 1 aromatic carbocycles. The van der Waals surface area contributed by atoms with E-state index in [1.54, 1.807) is 24.3 Å². The average Bonchev–Trinajstić information content (AvgIpc) is 3.25. The van der Waals surface area contributed by atoms with Crippen molar-refractivity contribution in [2.75, 3.05) is 5.32 Å². The summed E-state index contributed by atoms with van der Waals surface area (Å²) in [5.41, 5.74) is 4.23. The summed E-state index contributed by atoms with van der Waals surface area (Å²) in [6.07, 6.45) is 2.40. The lowest BCUT2D eigenvalue weighted by atomic mass is 10.1. The molecule has 4 nitrogen and oxygen atoms in total. The van der Waals surface area contributed by atoms with Crippen LogP contribution in [0.4, 0.5) is 5.69 Å². The van der Waals surface area contributed by atoms with Gasteiger partial charge in [-0.15, -0.1) is 0 Å². The molecule has 1 heterocycles. The third-order valence-electron chi connectivity index (χ3n) is 4.19. The number of rotatable bonds is 4. The Morgan fingerprint density at radius 2 is 1.77 bits per heavy atom. The summed E-state index contributed by atoms with van der Waals surface area (Å²) in [6, 6.07) is 9.49. The van der Waals surface area contributed by atoms with Gasteiger partial charge in [0.2, 0.25) is 0 Å². The minimum absolute atomic E-state index is 0.0193. The molecule has 4 heteroatoms. The summed E-state index contributed by atoms with van der Waals surface area (Å²) in [5, 5.41) is 2.90. The van der Waals surface area contributed by atoms with Gasteiger partial charge in [-0.25, -0.2) is 0 Å². The van der Waals surface area contributed by atoms with E-state index >= 15 is 0 Å². The van der Waals surface area contributed by atoms with Gasteiger partial charge >= 0.3 is 0 Å². The van der Waals surface area contributed by atoms with Crippen LogP contribution in [0.3, 0.4) is 0 Å². The number of carbonyl (C=O) groups is 2. The highest BCUT2D eigenvalue weighted by molar-refractivity contribution is 6.05. The van der Waals surface area contributed by atoms with Gasteiger partial charge in [-0.1, -0.05) is 0 Å². The molecule has 0 radical (unpaired) electrons. The van der Waals surface area contributed by atoms with Crippen LogP contribution >= 0.6 is 0 Å². The lowest BCUT2D eigenvalue weighted by molar-refractivity contribution is 0.101. The second kappa shape index (κ2) is 5.44. The van der Waals surface area contributed by atoms with E-state index in [1.165, 1.54) is 19.8 Å². The average molecular weight is 296 g/mol. The minimum Gasteiger partial charge on any atom is -0.345 e. The van der Waals surface area contributed by atoms with E-state index in [-0.39, 0.29) is 11.7 Å². The minimum atomic E-state index is -0.101. The summed E-state index contributed by atoms with van der Waals surface area (Å²) in [7, 11) is 0. The summed E-state index contributed by atoms with van der Waals surface area (Å²) in [6.45, 7) is 5.57. The van der Waals surface area contributed by atoms with Crippen LogP contribution in [0.15, 0.2) is 30.3 Å². The molecule has 1 fully saturated rings. The number of carbonyl (C=O) groups excluding carboxylic acids is 2. The highest BCUT2D eigenvalue weighted by atomic mass is 16.1. The lowest BCUT2D eigenvalue weighted by Crippen LogP contribution is -2.13. The molecule has 114 valence electrons. The quantitative estimate of drug-likeness (QED) is 0.870. The molecule has 0 atom stereocenters. The fourth-order valence-corrected chi connectivity index (χ4v) is 2.89. The Bertz CT molecular complexity index is 737. The highest BCUT2D eigenvalue weighted by Crippen LogP contribution is 2.38. The number of nitrogens with zero attached hydrogens (tertiary/aromatic N) is 1. The van der Waals surface area contributed by atoms with Crippen molar-refractivity contribution in [3.63, 3.8) is 0 Å². The second-order valence-corrected chi connectivity index (χ2v) is 5.97. The Morgan fingerprint density at radius 1 is 1.14 bits per heavy atom. The summed E-state index contributed by atoms with van der Waals surface area (Å²) in [4.78, 5) is 23.7. The van der Waals surface area contributed by atoms with Crippen LogP contribution in [0.5, 0.6) is 0 Å². The van der Waals surface area contributed by atoms with E-state index in [4.69, 9.17) is 0 Å². The molecule has 1 aliphatic carbocycles. The van der Waals surface area contributed by atoms with Gasteiger partial charge in [0.1, 0.15) is 0 Å². The van der Waals surface area contributed by atoms with Crippen molar-refractivity contribution in [1.82, 2.24) is 4.57 Å². The molecular formula is C18H20N2O2. The van der Waals surface area contributed by atoms with Crippen molar-refractivity contribution in [3.05, 3.63) is 52.8 Å². The molecule has 1 aliphatic rings. The number of ketones is 1. The lowest BCUT2D eigenvalue weighted by Gasteiger charge is -2.08. The number of benzene rings is 1. The van der Waals surface area contributed by atoms with E-state index in [1.807, 2.05) is 19.9 Å². The Labute approximate surface area is 130 Å². The molecule has 3 rings (SSSR count). The van der Waals surface area contributed by atoms with Crippen LogP contribution in [-0.4, -0.2) is 16.3 Å². The van der Waals surface area contributed by atoms with Gasteiger partial charge in [-0.2, -0.15) is 0 Å². The number of nitrogens with one attached hydrogen (secondary N) is 1. The molecule has 0 spiro atoms. The topological polar surface area (TPSA) is 51.1 Å². The van der Waals surface area contributed by atoms with Gasteiger partial charge in [-0.3, -0.25) is 9.59 Å². The highest BCUT2D eigenvalue weighted by Gasteiger charge is 2.28. The predicted octanol–water partition coefficient (Wildman–Crippen LogP) is 3.89. The van der Waals surface area contributed by atoms with Crippen LogP contribution in [0.2, 0.25) is 0 Å². The van der Waals surface area contributed by atoms with Crippen molar-refractivity contribution < 1.29 is 9.59 Å². The zero-order chi connectivity index (χ0) is 15.9. The Balaban J connectivity index is 1.79. The van der Waals surface area contributed by atoms with Crippen molar-refractivity contribution in [3.8, 4) is 0 Å². The predicted molar refractivity (Wildman–Crippen MR) is 86.6 cm³/mol. The maximum absolute atomic E-state index is 12.5. The van der Waals surface area contributed by atoms with Crippen LogP contribution in [0.25, 0.3) is 0 Å². The molecule has 0 unspecified atom stereocenters. The van der Waals surface area contributed by atoms with E-state index in [9.17, 15) is 9.59 Å². The second-order valence-electron chi connectivity index (χ2n) is 5.97. The molecule has 0 aliphatic heterocycles. The number of amides is 1. The van der Waals surface area contributed by atoms with E-state index in [0.29, 0.717) is 17.3 Å². The SMILES string of the molecule is CC(=O)c1ccc(NC(=O)c2cc(C)n(C3CC3)c2C)cc1. The normalized spacial score (nSPS) is 14.0. The number of hydrogen-bond donors (Lipinski definition) is 1. The van der Waals surface area contributed by atoms with Gasteiger partial charge in [0.15, 0.2) is 5.78 Å². The molecule has 1 N–H and O–H groups in total. The van der Waals surface area contributed by atoms with Gasteiger partial charge in [0.05, 0.1) is 5.56 Å². The molecule has 1 aromatic heterocycles. The monoisotopic (exact) mass is 296 g/mol. The Morgan fingerprint density at radius 3 is 2.32 bits per heavy atom. The number of Topliss-reactive ketones (excluding diaryl/α,β-unsaturated/α-hetero) is 1. The Hall–Kier alpha value is -2.36. The first-order chi connectivity index (χ1) is 10.5. The first-order valence-electron chi connectivity index (χ1n) is 7.58. The van der Waals surface area contributed by atoms with Gasteiger partial charge in [0, 0.05) is 28.7 Å². The summed E-state index contributed by atoms with van der Waals surface area (Å²) >= 11 is 0. The van der Waals surface area contributed by atoms with Gasteiger partial charge in [-0.05, 0) is 63.9 Å². The number of hydrogen-bond acceptors (Lipinski definition) is 2. The maximum Gasteiger partial charge on any atom is 0.257 e.